The van der Waals surface area contributed by atoms with Crippen LogP contribution in [0, 0.1) is 0 Å². The summed E-state index contributed by atoms with van der Waals surface area (Å²) in [5.41, 5.74) is 0.632. The van der Waals surface area contributed by atoms with Crippen molar-refractivity contribution in [2.75, 3.05) is 0 Å². The molecule has 1 rings (SSSR count). The predicted molar refractivity (Wildman–Crippen MR) is 48.0 cm³/mol. The maximum atomic E-state index is 11.2. The Labute approximate surface area is 73.6 Å². The number of hydrogen-bond acceptors (Lipinski definition) is 2. The second kappa shape index (κ2) is 3.02. The summed E-state index contributed by atoms with van der Waals surface area (Å²) in [5, 5.41) is 0. The molecule has 12 heavy (non-hydrogen) atoms. The summed E-state index contributed by atoms with van der Waals surface area (Å²) >= 11 is 0. The van der Waals surface area contributed by atoms with Gasteiger partial charge in [-0.1, -0.05) is 6.08 Å². The highest BCUT2D eigenvalue weighted by molar-refractivity contribution is 5.85. The summed E-state index contributed by atoms with van der Waals surface area (Å²) in [6, 6.07) is 0. The van der Waals surface area contributed by atoms with Crippen molar-refractivity contribution in [2.24, 2.45) is 0 Å². The van der Waals surface area contributed by atoms with Crippen LogP contribution < -0.4 is 0 Å². The molecule has 0 bridgehead atoms. The van der Waals surface area contributed by atoms with Crippen molar-refractivity contribution in [3.05, 3.63) is 11.6 Å². The maximum Gasteiger partial charge on any atom is 0.161 e. The minimum absolute atomic E-state index is 0.0765. The van der Waals surface area contributed by atoms with Gasteiger partial charge in [-0.3, -0.25) is 4.79 Å². The summed E-state index contributed by atoms with van der Waals surface area (Å²) in [4.78, 5) is 11.2. The Morgan fingerprint density at radius 2 is 2.33 bits per heavy atom. The monoisotopic (exact) mass is 168 g/mol. The van der Waals surface area contributed by atoms with Crippen LogP contribution in [0.5, 0.6) is 0 Å². The van der Waals surface area contributed by atoms with Crippen LogP contribution in [0.1, 0.15) is 34.1 Å². The molecule has 2 heteroatoms. The van der Waals surface area contributed by atoms with Crippen LogP contribution in [0.3, 0.4) is 0 Å². The first-order valence-electron chi connectivity index (χ1n) is 4.31. The molecule has 0 aromatic heterocycles. The van der Waals surface area contributed by atoms with Gasteiger partial charge in [0.2, 0.25) is 0 Å². The third-order valence-corrected chi connectivity index (χ3v) is 2.64. The van der Waals surface area contributed by atoms with E-state index in [1.54, 1.807) is 6.92 Å². The molecule has 0 saturated carbocycles. The van der Waals surface area contributed by atoms with Crippen LogP contribution in [-0.2, 0) is 9.53 Å². The number of ketones is 1. The third-order valence-electron chi connectivity index (χ3n) is 2.64. The van der Waals surface area contributed by atoms with E-state index in [2.05, 4.69) is 6.08 Å². The van der Waals surface area contributed by atoms with Gasteiger partial charge < -0.3 is 4.74 Å². The lowest BCUT2D eigenvalue weighted by molar-refractivity contribution is -0.145. The molecule has 1 heterocycles. The Kier molecular flexibility index (Phi) is 2.38. The average Bonchev–Trinajstić information content (AvgIpc) is 1.97. The molecule has 0 amide bonds. The lowest BCUT2D eigenvalue weighted by Crippen LogP contribution is -2.42. The molecular formula is C10H16O2. The van der Waals surface area contributed by atoms with Crippen LogP contribution >= 0.6 is 0 Å². The Morgan fingerprint density at radius 3 is 2.75 bits per heavy atom. The molecule has 0 aromatic carbocycles. The van der Waals surface area contributed by atoms with E-state index in [0.29, 0.717) is 6.42 Å². The van der Waals surface area contributed by atoms with Crippen molar-refractivity contribution in [2.45, 2.75) is 45.8 Å². The Balaban J connectivity index is 2.82. The molecular weight excluding hydrogens is 152 g/mol. The van der Waals surface area contributed by atoms with Gasteiger partial charge in [0.15, 0.2) is 5.78 Å². The summed E-state index contributed by atoms with van der Waals surface area (Å²) in [6.45, 7) is 7.45. The van der Waals surface area contributed by atoms with E-state index in [4.69, 9.17) is 4.74 Å². The van der Waals surface area contributed by atoms with Crippen LogP contribution in [0.15, 0.2) is 11.6 Å². The van der Waals surface area contributed by atoms with Gasteiger partial charge >= 0.3 is 0 Å². The fraction of sp³-hybridized carbons (Fsp3) is 0.700. The quantitative estimate of drug-likeness (QED) is 0.560. The zero-order valence-electron chi connectivity index (χ0n) is 8.18. The number of carbonyl (C=O) groups is 1. The first-order valence-corrected chi connectivity index (χ1v) is 4.31. The molecule has 0 N–H and O–H groups in total. The summed E-state index contributed by atoms with van der Waals surface area (Å²) in [6.07, 6.45) is 2.88. The van der Waals surface area contributed by atoms with E-state index in [1.807, 2.05) is 20.8 Å². The highest BCUT2D eigenvalue weighted by Gasteiger charge is 2.34. The Morgan fingerprint density at radius 1 is 1.75 bits per heavy atom. The van der Waals surface area contributed by atoms with E-state index in [-0.39, 0.29) is 11.9 Å². The summed E-state index contributed by atoms with van der Waals surface area (Å²) in [7, 11) is 0. The topological polar surface area (TPSA) is 26.3 Å². The van der Waals surface area contributed by atoms with E-state index in [9.17, 15) is 4.79 Å². The fourth-order valence-electron chi connectivity index (χ4n) is 1.28. The van der Waals surface area contributed by atoms with Crippen LogP contribution in [0.2, 0.25) is 0 Å². The molecule has 1 aliphatic rings. The molecule has 0 fully saturated rings. The molecule has 0 aromatic rings. The number of hydrogen-bond donors (Lipinski definition) is 0. The summed E-state index contributed by atoms with van der Waals surface area (Å²) < 4.78 is 5.63. The number of rotatable bonds is 1. The molecule has 0 spiro atoms. The Hall–Kier alpha value is -0.630. The minimum Gasteiger partial charge on any atom is -0.360 e. The van der Waals surface area contributed by atoms with Crippen molar-refractivity contribution in [1.29, 1.82) is 0 Å². The maximum absolute atomic E-state index is 11.2. The first kappa shape index (κ1) is 9.46. The zero-order valence-corrected chi connectivity index (χ0v) is 8.18. The lowest BCUT2D eigenvalue weighted by Gasteiger charge is -2.34. The number of Topliss-reactive ketones (excluding diaryl/α,β-unsaturated/α-hetero) is 1. The highest BCUT2D eigenvalue weighted by atomic mass is 16.5. The van der Waals surface area contributed by atoms with Crippen molar-refractivity contribution in [3.8, 4) is 0 Å². The van der Waals surface area contributed by atoms with Gasteiger partial charge in [-0.15, -0.1) is 0 Å². The Bertz CT molecular complexity index is 230. The largest absolute Gasteiger partial charge is 0.360 e. The molecule has 1 aliphatic heterocycles. The molecule has 2 unspecified atom stereocenters. The van der Waals surface area contributed by atoms with Crippen LogP contribution in [0.4, 0.5) is 0 Å². The number of ether oxygens (including phenoxy) is 1. The normalized spacial score (nSPS) is 36.0. The van der Waals surface area contributed by atoms with Crippen LogP contribution in [0.25, 0.3) is 0 Å². The van der Waals surface area contributed by atoms with E-state index in [1.165, 1.54) is 5.57 Å². The van der Waals surface area contributed by atoms with Crippen molar-refractivity contribution in [3.63, 3.8) is 0 Å². The molecule has 2 nitrogen and oxygen atoms in total. The molecule has 0 radical (unpaired) electrons. The van der Waals surface area contributed by atoms with E-state index >= 15 is 0 Å². The van der Waals surface area contributed by atoms with E-state index < -0.39 is 5.60 Å². The van der Waals surface area contributed by atoms with Crippen molar-refractivity contribution >= 4 is 5.78 Å². The first-order chi connectivity index (χ1) is 5.46. The third kappa shape index (κ3) is 1.58. The lowest BCUT2D eigenvalue weighted by atomic mass is 9.92. The van der Waals surface area contributed by atoms with Gasteiger partial charge in [0.05, 0.1) is 6.10 Å². The van der Waals surface area contributed by atoms with Gasteiger partial charge in [-0.2, -0.15) is 0 Å². The minimum atomic E-state index is -0.584. The van der Waals surface area contributed by atoms with Crippen molar-refractivity contribution < 1.29 is 9.53 Å². The van der Waals surface area contributed by atoms with Gasteiger partial charge in [-0.25, -0.2) is 0 Å². The molecule has 0 saturated heterocycles. The van der Waals surface area contributed by atoms with Crippen LogP contribution in [-0.4, -0.2) is 17.5 Å². The second-order valence-corrected chi connectivity index (χ2v) is 3.70. The predicted octanol–water partition coefficient (Wildman–Crippen LogP) is 2.09. The fourth-order valence-corrected chi connectivity index (χ4v) is 1.28. The van der Waals surface area contributed by atoms with Gasteiger partial charge in [0.1, 0.15) is 5.60 Å². The molecule has 2 atom stereocenters. The van der Waals surface area contributed by atoms with Crippen molar-refractivity contribution in [1.82, 2.24) is 0 Å². The van der Waals surface area contributed by atoms with Gasteiger partial charge in [-0.05, 0) is 33.3 Å². The second-order valence-electron chi connectivity index (χ2n) is 3.70. The zero-order chi connectivity index (χ0) is 9.35. The smallest absolute Gasteiger partial charge is 0.161 e. The standard InChI is InChI=1S/C10H16O2/c1-7-5-6-10(4,9(3)11)12-8(7)2/h5,8H,6H2,1-4H3. The molecule has 0 aliphatic carbocycles. The number of carbonyl (C=O) groups excluding carboxylic acids is 1. The van der Waals surface area contributed by atoms with E-state index in [0.717, 1.165) is 0 Å². The SMILES string of the molecule is CC(=O)C1(C)CC=C(C)C(C)O1. The average molecular weight is 168 g/mol. The summed E-state index contributed by atoms with van der Waals surface area (Å²) in [5.74, 6) is 0.109. The molecule has 68 valence electrons. The van der Waals surface area contributed by atoms with Gasteiger partial charge in [0.25, 0.3) is 0 Å². The van der Waals surface area contributed by atoms with Gasteiger partial charge in [0, 0.05) is 6.42 Å². The highest BCUT2D eigenvalue weighted by Crippen LogP contribution is 2.28.